The van der Waals surface area contributed by atoms with E-state index >= 15 is 0 Å². The van der Waals surface area contributed by atoms with Gasteiger partial charge in [0, 0.05) is 5.33 Å². The second-order valence-electron chi connectivity index (χ2n) is 4.83. The van der Waals surface area contributed by atoms with Crippen molar-refractivity contribution in [3.05, 3.63) is 0 Å². The standard InChI is InChI=1S/C10H21BrO2S/c1-9(8-11)6-5-7-14(12,13)10(2,3)4/h9H,5-8H2,1-4H3. The van der Waals surface area contributed by atoms with Crippen molar-refractivity contribution >= 4 is 25.8 Å². The van der Waals surface area contributed by atoms with Gasteiger partial charge in [-0.25, -0.2) is 8.42 Å². The van der Waals surface area contributed by atoms with E-state index in [-0.39, 0.29) is 0 Å². The lowest BCUT2D eigenvalue weighted by molar-refractivity contribution is 0.543. The van der Waals surface area contributed by atoms with Crippen molar-refractivity contribution in [2.45, 2.75) is 45.3 Å². The summed E-state index contributed by atoms with van der Waals surface area (Å²) >= 11 is 3.39. The molecule has 86 valence electrons. The van der Waals surface area contributed by atoms with Gasteiger partial charge in [-0.05, 0) is 39.5 Å². The van der Waals surface area contributed by atoms with Gasteiger partial charge in [0.05, 0.1) is 10.5 Å². The molecule has 1 atom stereocenters. The van der Waals surface area contributed by atoms with Gasteiger partial charge in [-0.15, -0.1) is 0 Å². The smallest absolute Gasteiger partial charge is 0.155 e. The maximum absolute atomic E-state index is 11.7. The highest BCUT2D eigenvalue weighted by atomic mass is 79.9. The van der Waals surface area contributed by atoms with Crippen molar-refractivity contribution in [3.63, 3.8) is 0 Å². The lowest BCUT2D eigenvalue weighted by Gasteiger charge is -2.19. The molecular formula is C10H21BrO2S. The quantitative estimate of drug-likeness (QED) is 0.728. The van der Waals surface area contributed by atoms with Gasteiger partial charge < -0.3 is 0 Å². The number of alkyl halides is 1. The molecule has 0 heterocycles. The Balaban J connectivity index is 4.03. The molecule has 0 fully saturated rings. The normalized spacial score (nSPS) is 15.5. The first-order chi connectivity index (χ1) is 6.20. The average molecular weight is 285 g/mol. The van der Waals surface area contributed by atoms with Crippen LogP contribution in [-0.4, -0.2) is 24.2 Å². The highest BCUT2D eigenvalue weighted by Crippen LogP contribution is 2.18. The maximum atomic E-state index is 11.7. The fourth-order valence-electron chi connectivity index (χ4n) is 1.01. The van der Waals surface area contributed by atoms with Gasteiger partial charge in [0.1, 0.15) is 0 Å². The zero-order valence-corrected chi connectivity index (χ0v) is 11.9. The molecule has 0 aliphatic rings. The number of hydrogen-bond acceptors (Lipinski definition) is 2. The molecule has 0 aliphatic carbocycles. The highest BCUT2D eigenvalue weighted by molar-refractivity contribution is 9.09. The third kappa shape index (κ3) is 4.78. The van der Waals surface area contributed by atoms with Crippen LogP contribution in [0.25, 0.3) is 0 Å². The molecule has 0 amide bonds. The molecule has 14 heavy (non-hydrogen) atoms. The molecule has 0 aromatic carbocycles. The molecule has 4 heteroatoms. The van der Waals surface area contributed by atoms with Crippen molar-refractivity contribution in [1.82, 2.24) is 0 Å². The molecule has 0 aliphatic heterocycles. The Kier molecular flexibility index (Phi) is 5.67. The molecule has 0 spiro atoms. The molecular weight excluding hydrogens is 264 g/mol. The molecule has 1 unspecified atom stereocenters. The summed E-state index contributed by atoms with van der Waals surface area (Å²) in [6.45, 7) is 7.40. The van der Waals surface area contributed by atoms with E-state index in [4.69, 9.17) is 0 Å². The van der Waals surface area contributed by atoms with Crippen LogP contribution in [0.15, 0.2) is 0 Å². The molecule has 0 rings (SSSR count). The molecule has 0 N–H and O–H groups in total. The van der Waals surface area contributed by atoms with Gasteiger partial charge >= 0.3 is 0 Å². The van der Waals surface area contributed by atoms with Gasteiger partial charge in [-0.3, -0.25) is 0 Å². The van der Waals surface area contributed by atoms with E-state index in [0.29, 0.717) is 11.7 Å². The van der Waals surface area contributed by atoms with E-state index in [1.807, 2.05) is 0 Å². The predicted octanol–water partition coefficient (Wildman–Crippen LogP) is 3.01. The number of sulfone groups is 1. The van der Waals surface area contributed by atoms with Crippen molar-refractivity contribution in [2.75, 3.05) is 11.1 Å². The summed E-state index contributed by atoms with van der Waals surface area (Å²) in [5, 5.41) is 0.947. The third-order valence-corrected chi connectivity index (χ3v) is 6.10. The minimum absolute atomic E-state index is 0.313. The van der Waals surface area contributed by atoms with Gasteiger partial charge in [-0.2, -0.15) is 0 Å². The number of hydrogen-bond donors (Lipinski definition) is 0. The van der Waals surface area contributed by atoms with E-state index in [1.165, 1.54) is 0 Å². The van der Waals surface area contributed by atoms with Crippen molar-refractivity contribution < 1.29 is 8.42 Å². The van der Waals surface area contributed by atoms with E-state index in [2.05, 4.69) is 22.9 Å². The summed E-state index contributed by atoms with van der Waals surface area (Å²) in [4.78, 5) is 0. The topological polar surface area (TPSA) is 34.1 Å². The summed E-state index contributed by atoms with van der Waals surface area (Å²) in [5.41, 5.74) is 0. The zero-order chi connectivity index (χ0) is 11.4. The molecule has 0 radical (unpaired) electrons. The minimum Gasteiger partial charge on any atom is -0.228 e. The van der Waals surface area contributed by atoms with E-state index in [1.54, 1.807) is 20.8 Å². The Labute approximate surface area is 96.5 Å². The first-order valence-electron chi connectivity index (χ1n) is 4.99. The Hall–Kier alpha value is 0.430. The summed E-state index contributed by atoms with van der Waals surface area (Å²) in [7, 11) is -2.92. The van der Waals surface area contributed by atoms with Gasteiger partial charge in [0.15, 0.2) is 9.84 Å². The van der Waals surface area contributed by atoms with Crippen LogP contribution in [0.5, 0.6) is 0 Å². The molecule has 0 aromatic rings. The molecule has 0 saturated heterocycles. The molecule has 0 aromatic heterocycles. The Morgan fingerprint density at radius 1 is 1.29 bits per heavy atom. The van der Waals surface area contributed by atoms with Crippen LogP contribution in [0.1, 0.15) is 40.5 Å². The second kappa shape index (κ2) is 5.50. The van der Waals surface area contributed by atoms with Crippen molar-refractivity contribution in [3.8, 4) is 0 Å². The van der Waals surface area contributed by atoms with Gasteiger partial charge in [0.25, 0.3) is 0 Å². The van der Waals surface area contributed by atoms with Crippen LogP contribution in [0.4, 0.5) is 0 Å². The molecule has 2 nitrogen and oxygen atoms in total. The maximum Gasteiger partial charge on any atom is 0.155 e. The fraction of sp³-hybridized carbons (Fsp3) is 1.00. The van der Waals surface area contributed by atoms with Crippen LogP contribution in [0, 0.1) is 5.92 Å². The lowest BCUT2D eigenvalue weighted by atomic mass is 10.1. The zero-order valence-electron chi connectivity index (χ0n) is 9.51. The summed E-state index contributed by atoms with van der Waals surface area (Å²) in [6, 6.07) is 0. The Morgan fingerprint density at radius 3 is 2.14 bits per heavy atom. The van der Waals surface area contributed by atoms with Crippen molar-refractivity contribution in [2.24, 2.45) is 5.92 Å². The average Bonchev–Trinajstić information content (AvgIpc) is 2.01. The third-order valence-electron chi connectivity index (χ3n) is 2.31. The first kappa shape index (κ1) is 14.4. The Morgan fingerprint density at radius 2 is 1.79 bits per heavy atom. The SMILES string of the molecule is CC(CBr)CCCS(=O)(=O)C(C)(C)C. The highest BCUT2D eigenvalue weighted by Gasteiger charge is 2.28. The van der Waals surface area contributed by atoms with Crippen molar-refractivity contribution in [1.29, 1.82) is 0 Å². The molecule has 0 saturated carbocycles. The minimum atomic E-state index is -2.92. The fourth-order valence-corrected chi connectivity index (χ4v) is 2.49. The largest absolute Gasteiger partial charge is 0.228 e. The Bertz CT molecular complexity index is 252. The predicted molar refractivity (Wildman–Crippen MR) is 65.7 cm³/mol. The monoisotopic (exact) mass is 284 g/mol. The first-order valence-corrected chi connectivity index (χ1v) is 7.76. The lowest BCUT2D eigenvalue weighted by Crippen LogP contribution is -2.30. The summed E-state index contributed by atoms with van der Waals surface area (Å²) in [5.74, 6) is 0.874. The van der Waals surface area contributed by atoms with E-state index in [0.717, 1.165) is 18.2 Å². The van der Waals surface area contributed by atoms with E-state index < -0.39 is 14.6 Å². The van der Waals surface area contributed by atoms with Gasteiger partial charge in [-0.1, -0.05) is 22.9 Å². The van der Waals surface area contributed by atoms with E-state index in [9.17, 15) is 8.42 Å². The second-order valence-corrected chi connectivity index (χ2v) is 8.34. The van der Waals surface area contributed by atoms with Crippen LogP contribution in [0.2, 0.25) is 0 Å². The summed E-state index contributed by atoms with van der Waals surface area (Å²) in [6.07, 6.45) is 1.74. The van der Waals surface area contributed by atoms with Crippen LogP contribution in [0.3, 0.4) is 0 Å². The van der Waals surface area contributed by atoms with Gasteiger partial charge in [0.2, 0.25) is 0 Å². The van der Waals surface area contributed by atoms with Crippen LogP contribution in [-0.2, 0) is 9.84 Å². The molecule has 0 bridgehead atoms. The number of rotatable bonds is 5. The van der Waals surface area contributed by atoms with Crippen LogP contribution < -0.4 is 0 Å². The summed E-state index contributed by atoms with van der Waals surface area (Å²) < 4.78 is 22.8. The number of halogens is 1. The van der Waals surface area contributed by atoms with Crippen LogP contribution >= 0.6 is 15.9 Å².